The molecule has 0 spiro atoms. The number of ether oxygens (including phenoxy) is 4. The lowest BCUT2D eigenvalue weighted by molar-refractivity contribution is -0.290. The predicted molar refractivity (Wildman–Crippen MR) is 97.9 cm³/mol. The molecule has 2 rings (SSSR count). The second kappa shape index (κ2) is 8.98. The molecule has 0 aromatic heterocycles. The summed E-state index contributed by atoms with van der Waals surface area (Å²) in [5.41, 5.74) is 1.05. The zero-order valence-corrected chi connectivity index (χ0v) is 16.4. The zero-order valence-electron chi connectivity index (χ0n) is 14.2. The lowest BCUT2D eigenvalue weighted by Gasteiger charge is -2.47. The number of hydrogen-bond donors (Lipinski definition) is 0. The number of carbonyl (C=O) groups excluding carboxylic acids is 1. The molecular weight excluding hydrogens is 425 g/mol. The van der Waals surface area contributed by atoms with Gasteiger partial charge in [-0.1, -0.05) is 52.9 Å². The molecule has 1 aliphatic rings. The highest BCUT2D eigenvalue weighted by Crippen LogP contribution is 2.37. The lowest BCUT2D eigenvalue weighted by atomic mass is 10.00. The van der Waals surface area contributed by atoms with E-state index in [1.54, 1.807) is 26.0 Å². The summed E-state index contributed by atoms with van der Waals surface area (Å²) in [4.78, 5) is 13.8. The van der Waals surface area contributed by atoms with Crippen molar-refractivity contribution in [3.8, 4) is 0 Å². The van der Waals surface area contributed by atoms with Crippen molar-refractivity contribution in [2.24, 2.45) is 0 Å². The van der Waals surface area contributed by atoms with Crippen LogP contribution in [0.25, 0.3) is 0 Å². The van der Waals surface area contributed by atoms with E-state index in [1.165, 1.54) is 0 Å². The third-order valence-electron chi connectivity index (χ3n) is 4.15. The van der Waals surface area contributed by atoms with Crippen molar-refractivity contribution in [3.05, 3.63) is 35.9 Å². The molecular formula is C17H24INO5. The van der Waals surface area contributed by atoms with Gasteiger partial charge in [0.15, 0.2) is 5.79 Å². The Labute approximate surface area is 156 Å². The first-order valence-corrected chi connectivity index (χ1v) is 9.15. The average Bonchev–Trinajstić information content (AvgIpc) is 2.61. The Bertz CT molecular complexity index is 523. The van der Waals surface area contributed by atoms with Gasteiger partial charge >= 0.3 is 6.09 Å². The number of rotatable bonds is 6. The lowest BCUT2D eigenvalue weighted by Crippen LogP contribution is -2.63. The summed E-state index contributed by atoms with van der Waals surface area (Å²) < 4.78 is 22.3. The molecule has 0 aliphatic carbocycles. The van der Waals surface area contributed by atoms with E-state index in [4.69, 9.17) is 18.9 Å². The van der Waals surface area contributed by atoms with Crippen molar-refractivity contribution < 1.29 is 23.7 Å². The molecule has 24 heavy (non-hydrogen) atoms. The Balaban J connectivity index is 2.16. The van der Waals surface area contributed by atoms with Crippen LogP contribution in [0.2, 0.25) is 0 Å². The number of hydrogen-bond acceptors (Lipinski definition) is 5. The minimum Gasteiger partial charge on any atom is -0.450 e. The van der Waals surface area contributed by atoms with Crippen molar-refractivity contribution in [3.63, 3.8) is 0 Å². The number of benzene rings is 1. The minimum atomic E-state index is -0.885. The van der Waals surface area contributed by atoms with Gasteiger partial charge in [0.1, 0.15) is 10.2 Å². The molecule has 0 saturated carbocycles. The zero-order chi connectivity index (χ0) is 17.6. The summed E-state index contributed by atoms with van der Waals surface area (Å²) in [6.07, 6.45) is -0.268. The number of piperidine rings is 1. The fraction of sp³-hybridized carbons (Fsp3) is 0.588. The number of nitrogens with zero attached hydrogens (tertiary/aromatic N) is 1. The molecule has 1 aromatic carbocycles. The molecule has 0 N–H and O–H groups in total. The molecule has 1 fully saturated rings. The summed E-state index contributed by atoms with van der Waals surface area (Å²) in [7, 11) is 3.21. The molecule has 7 heteroatoms. The number of amides is 1. The molecule has 0 bridgehead atoms. The van der Waals surface area contributed by atoms with Crippen molar-refractivity contribution >= 4 is 28.7 Å². The van der Waals surface area contributed by atoms with E-state index in [0.29, 0.717) is 26.2 Å². The topological polar surface area (TPSA) is 57.2 Å². The molecule has 6 nitrogen and oxygen atoms in total. The Hall–Kier alpha value is -0.900. The van der Waals surface area contributed by atoms with Gasteiger partial charge in [-0.2, -0.15) is 0 Å². The number of alkyl halides is 1. The van der Waals surface area contributed by atoms with Crippen LogP contribution >= 0.6 is 22.6 Å². The first kappa shape index (κ1) is 19.4. The second-order valence-corrected chi connectivity index (χ2v) is 6.73. The maximum atomic E-state index is 12.2. The Morgan fingerprint density at radius 1 is 1.29 bits per heavy atom. The van der Waals surface area contributed by atoms with E-state index in [9.17, 15) is 4.79 Å². The van der Waals surface area contributed by atoms with Gasteiger partial charge in [0.05, 0.1) is 13.2 Å². The van der Waals surface area contributed by atoms with Gasteiger partial charge in [0, 0.05) is 27.2 Å². The Morgan fingerprint density at radius 3 is 2.54 bits per heavy atom. The largest absolute Gasteiger partial charge is 0.450 e. The molecule has 1 aliphatic heterocycles. The third kappa shape index (κ3) is 4.19. The highest BCUT2D eigenvalue weighted by Gasteiger charge is 2.51. The highest BCUT2D eigenvalue weighted by molar-refractivity contribution is 14.1. The SMILES string of the molecule is CCOC(=O)N1CCC(OC)(OC)C(OCc2ccccc2)C1I. The average molecular weight is 449 g/mol. The van der Waals surface area contributed by atoms with Crippen LogP contribution in [0.3, 0.4) is 0 Å². The molecule has 134 valence electrons. The number of likely N-dealkylation sites (tertiary alicyclic amines) is 1. The summed E-state index contributed by atoms with van der Waals surface area (Å²) in [5, 5.41) is 0. The quantitative estimate of drug-likeness (QED) is 0.289. The standard InChI is InChI=1S/C17H24INO5/c1-4-23-16(20)19-11-10-17(21-2,22-3)14(15(19)18)24-12-13-8-6-5-7-9-13/h5-9,14-15H,4,10-12H2,1-3H3. The normalized spacial score (nSPS) is 23.1. The van der Waals surface area contributed by atoms with Crippen LogP contribution in [-0.4, -0.2) is 54.3 Å². The van der Waals surface area contributed by atoms with Crippen LogP contribution < -0.4 is 0 Å². The van der Waals surface area contributed by atoms with Crippen LogP contribution in [0, 0.1) is 0 Å². The molecule has 1 aromatic rings. The Morgan fingerprint density at radius 2 is 1.96 bits per heavy atom. The first-order chi connectivity index (χ1) is 11.6. The van der Waals surface area contributed by atoms with Crippen LogP contribution in [0.4, 0.5) is 4.79 Å². The van der Waals surface area contributed by atoms with Gasteiger partial charge < -0.3 is 18.9 Å². The van der Waals surface area contributed by atoms with Crippen molar-refractivity contribution in [1.82, 2.24) is 4.90 Å². The van der Waals surface area contributed by atoms with Gasteiger partial charge in [-0.05, 0) is 12.5 Å². The number of carbonyl (C=O) groups is 1. The maximum absolute atomic E-state index is 12.2. The number of halogens is 1. The van der Waals surface area contributed by atoms with Gasteiger partial charge in [0.2, 0.25) is 0 Å². The van der Waals surface area contributed by atoms with Gasteiger partial charge in [-0.15, -0.1) is 0 Å². The fourth-order valence-electron chi connectivity index (χ4n) is 2.80. The summed E-state index contributed by atoms with van der Waals surface area (Å²) in [6.45, 7) is 3.03. The van der Waals surface area contributed by atoms with E-state index in [2.05, 4.69) is 22.6 Å². The summed E-state index contributed by atoms with van der Waals surface area (Å²) >= 11 is 2.19. The van der Waals surface area contributed by atoms with Crippen LogP contribution in [0.5, 0.6) is 0 Å². The van der Waals surface area contributed by atoms with Crippen LogP contribution in [0.15, 0.2) is 30.3 Å². The van der Waals surface area contributed by atoms with Gasteiger partial charge in [-0.25, -0.2) is 4.79 Å². The first-order valence-electron chi connectivity index (χ1n) is 7.91. The molecule has 1 amide bonds. The minimum absolute atomic E-state index is 0.265. The second-order valence-electron chi connectivity index (χ2n) is 5.45. The molecule has 2 unspecified atom stereocenters. The van der Waals surface area contributed by atoms with Gasteiger partial charge in [-0.3, -0.25) is 4.90 Å². The summed E-state index contributed by atoms with van der Waals surface area (Å²) in [6, 6.07) is 9.88. The number of methoxy groups -OCH3 is 2. The van der Waals surface area contributed by atoms with Crippen molar-refractivity contribution in [2.45, 2.75) is 35.9 Å². The fourth-order valence-corrected chi connectivity index (χ4v) is 4.06. The van der Waals surface area contributed by atoms with E-state index >= 15 is 0 Å². The smallest absolute Gasteiger partial charge is 0.410 e. The maximum Gasteiger partial charge on any atom is 0.410 e. The molecule has 1 heterocycles. The van der Waals surface area contributed by atoms with E-state index < -0.39 is 11.9 Å². The van der Waals surface area contributed by atoms with Gasteiger partial charge in [0.25, 0.3) is 0 Å². The van der Waals surface area contributed by atoms with E-state index in [1.807, 2.05) is 30.3 Å². The van der Waals surface area contributed by atoms with Crippen molar-refractivity contribution in [2.75, 3.05) is 27.4 Å². The molecule has 0 radical (unpaired) electrons. The van der Waals surface area contributed by atoms with Crippen molar-refractivity contribution in [1.29, 1.82) is 0 Å². The predicted octanol–water partition coefficient (Wildman–Crippen LogP) is 3.18. The monoisotopic (exact) mass is 449 g/mol. The van der Waals surface area contributed by atoms with E-state index in [0.717, 1.165) is 5.56 Å². The summed E-state index contributed by atoms with van der Waals surface area (Å²) in [5.74, 6) is -0.885. The van der Waals surface area contributed by atoms with E-state index in [-0.39, 0.29) is 10.1 Å². The third-order valence-corrected chi connectivity index (χ3v) is 5.47. The Kier molecular flexibility index (Phi) is 7.27. The van der Waals surface area contributed by atoms with Crippen LogP contribution in [0.1, 0.15) is 18.9 Å². The van der Waals surface area contributed by atoms with Crippen LogP contribution in [-0.2, 0) is 25.6 Å². The molecule has 2 atom stereocenters. The molecule has 1 saturated heterocycles. The highest BCUT2D eigenvalue weighted by atomic mass is 127.